The molecule has 0 amide bonds. The fourth-order valence-corrected chi connectivity index (χ4v) is 2.11. The molecule has 3 rings (SSSR count). The van der Waals surface area contributed by atoms with Gasteiger partial charge in [0.1, 0.15) is 6.61 Å². The first-order chi connectivity index (χ1) is 10.8. The molecule has 112 valence electrons. The molecular formula is C16H16N4O2. The van der Waals surface area contributed by atoms with Gasteiger partial charge in [0.2, 0.25) is 5.88 Å². The number of hydrogen-bond acceptors (Lipinski definition) is 4. The number of hydrogen-bond donors (Lipinski definition) is 0. The summed E-state index contributed by atoms with van der Waals surface area (Å²) in [6, 6.07) is 7.19. The minimum absolute atomic E-state index is 0.362. The Morgan fingerprint density at radius 3 is 2.91 bits per heavy atom. The average molecular weight is 296 g/mol. The number of ether oxygens (including phenoxy) is 1. The predicted octanol–water partition coefficient (Wildman–Crippen LogP) is 2.06. The van der Waals surface area contributed by atoms with Crippen molar-refractivity contribution in [1.29, 1.82) is 0 Å². The maximum atomic E-state index is 11.0. The summed E-state index contributed by atoms with van der Waals surface area (Å²) in [7, 11) is 0. The quantitative estimate of drug-likeness (QED) is 0.397. The van der Waals surface area contributed by atoms with Crippen molar-refractivity contribution in [3.63, 3.8) is 0 Å². The Balaban J connectivity index is 1.83. The second-order valence-electron chi connectivity index (χ2n) is 4.87. The van der Waals surface area contributed by atoms with Crippen LogP contribution in [-0.2, 0) is 13.0 Å². The zero-order chi connectivity index (χ0) is 15.4. The van der Waals surface area contributed by atoms with E-state index in [0.717, 1.165) is 34.5 Å². The minimum Gasteiger partial charge on any atom is -0.619 e. The lowest BCUT2D eigenvalue weighted by Gasteiger charge is -2.09. The van der Waals surface area contributed by atoms with Crippen LogP contribution in [0.25, 0.3) is 5.65 Å². The molecular weight excluding hydrogens is 280 g/mol. The van der Waals surface area contributed by atoms with Gasteiger partial charge in [-0.25, -0.2) is 4.98 Å². The van der Waals surface area contributed by atoms with E-state index in [1.54, 1.807) is 22.8 Å². The van der Waals surface area contributed by atoms with Crippen LogP contribution in [0.4, 0.5) is 0 Å². The van der Waals surface area contributed by atoms with E-state index >= 15 is 0 Å². The zero-order valence-electron chi connectivity index (χ0n) is 12.1. The molecule has 0 N–H and O–H groups in total. The van der Waals surface area contributed by atoms with Gasteiger partial charge < -0.3 is 9.94 Å². The van der Waals surface area contributed by atoms with Crippen LogP contribution >= 0.6 is 0 Å². The first kappa shape index (κ1) is 14.1. The third-order valence-electron chi connectivity index (χ3n) is 3.24. The van der Waals surface area contributed by atoms with E-state index < -0.39 is 0 Å². The Labute approximate surface area is 127 Å². The smallest absolute Gasteiger partial charge is 0.218 e. The van der Waals surface area contributed by atoms with Gasteiger partial charge in [0.05, 0.1) is 6.20 Å². The molecule has 0 aliphatic rings. The molecule has 6 heteroatoms. The summed E-state index contributed by atoms with van der Waals surface area (Å²) in [6.07, 6.45) is 8.12. The Hall–Kier alpha value is -2.89. The molecule has 0 bridgehead atoms. The summed E-state index contributed by atoms with van der Waals surface area (Å²) < 4.78 is 8.25. The number of allylic oxidation sites excluding steroid dienone is 1. The molecule has 0 unspecified atom stereocenters. The first-order valence-corrected chi connectivity index (χ1v) is 7.01. The normalized spacial score (nSPS) is 10.7. The number of aromatic nitrogens is 4. The van der Waals surface area contributed by atoms with Crippen molar-refractivity contribution < 1.29 is 9.47 Å². The average Bonchev–Trinajstić information content (AvgIpc) is 3.00. The predicted molar refractivity (Wildman–Crippen MR) is 81.2 cm³/mol. The van der Waals surface area contributed by atoms with Crippen molar-refractivity contribution in [1.82, 2.24) is 14.6 Å². The standard InChI is InChI=1S/C16H16N4O2/c1-2-3-4-14-11-16(20-15(18-14)5-8-17-20)22-12-13-6-9-19(21)10-7-13/h2,5-11H,1,3-4,12H2. The SMILES string of the molecule is C=CCCc1cc(OCc2cc[n+]([O-])cc2)n2nccc2n1. The van der Waals surface area contributed by atoms with Crippen LogP contribution in [0, 0.1) is 5.21 Å². The van der Waals surface area contributed by atoms with Gasteiger partial charge in [-0.1, -0.05) is 6.08 Å². The van der Waals surface area contributed by atoms with Crippen molar-refractivity contribution >= 4 is 5.65 Å². The third-order valence-corrected chi connectivity index (χ3v) is 3.24. The van der Waals surface area contributed by atoms with Crippen LogP contribution in [0.15, 0.2) is 55.5 Å². The van der Waals surface area contributed by atoms with E-state index in [9.17, 15) is 5.21 Å². The van der Waals surface area contributed by atoms with Gasteiger partial charge in [-0.15, -0.1) is 6.58 Å². The summed E-state index contributed by atoms with van der Waals surface area (Å²) in [5, 5.41) is 15.2. The van der Waals surface area contributed by atoms with Crippen LogP contribution in [-0.4, -0.2) is 14.6 Å². The molecule has 0 aromatic carbocycles. The number of aryl methyl sites for hydroxylation is 1. The Kier molecular flexibility index (Phi) is 4.00. The van der Waals surface area contributed by atoms with E-state index in [1.807, 2.05) is 18.2 Å². The van der Waals surface area contributed by atoms with Crippen LogP contribution in [0.1, 0.15) is 17.7 Å². The molecule has 22 heavy (non-hydrogen) atoms. The van der Waals surface area contributed by atoms with Crippen LogP contribution < -0.4 is 9.47 Å². The van der Waals surface area contributed by atoms with Gasteiger partial charge in [0.25, 0.3) is 0 Å². The van der Waals surface area contributed by atoms with Gasteiger partial charge in [-0.2, -0.15) is 14.3 Å². The molecule has 0 atom stereocenters. The zero-order valence-corrected chi connectivity index (χ0v) is 12.1. The molecule has 3 aromatic heterocycles. The fourth-order valence-electron chi connectivity index (χ4n) is 2.11. The van der Waals surface area contributed by atoms with Crippen molar-refractivity contribution in [3.05, 3.63) is 72.0 Å². The van der Waals surface area contributed by atoms with Gasteiger partial charge >= 0.3 is 0 Å². The highest BCUT2D eigenvalue weighted by atomic mass is 16.5. The molecule has 0 fully saturated rings. The van der Waals surface area contributed by atoms with Gasteiger partial charge in [0, 0.05) is 35.5 Å². The highest BCUT2D eigenvalue weighted by molar-refractivity contribution is 5.41. The third kappa shape index (κ3) is 3.06. The lowest BCUT2D eigenvalue weighted by molar-refractivity contribution is -0.605. The van der Waals surface area contributed by atoms with E-state index in [1.165, 1.54) is 12.4 Å². The largest absolute Gasteiger partial charge is 0.619 e. The van der Waals surface area contributed by atoms with Crippen molar-refractivity contribution in [2.45, 2.75) is 19.4 Å². The maximum Gasteiger partial charge on any atom is 0.218 e. The first-order valence-electron chi connectivity index (χ1n) is 7.01. The minimum atomic E-state index is 0.362. The van der Waals surface area contributed by atoms with E-state index in [0.29, 0.717) is 12.5 Å². The van der Waals surface area contributed by atoms with E-state index in [-0.39, 0.29) is 0 Å². The van der Waals surface area contributed by atoms with Crippen molar-refractivity contribution in [3.8, 4) is 5.88 Å². The summed E-state index contributed by atoms with van der Waals surface area (Å²) in [6.45, 7) is 4.09. The topological polar surface area (TPSA) is 66.4 Å². The Morgan fingerprint density at radius 2 is 2.14 bits per heavy atom. The van der Waals surface area contributed by atoms with E-state index in [4.69, 9.17) is 4.74 Å². The number of fused-ring (bicyclic) bond motifs is 1. The lowest BCUT2D eigenvalue weighted by atomic mass is 10.2. The second kappa shape index (κ2) is 6.26. The highest BCUT2D eigenvalue weighted by Crippen LogP contribution is 2.17. The second-order valence-corrected chi connectivity index (χ2v) is 4.87. The molecule has 6 nitrogen and oxygen atoms in total. The number of nitrogens with zero attached hydrogens (tertiary/aromatic N) is 4. The fraction of sp³-hybridized carbons (Fsp3) is 0.188. The van der Waals surface area contributed by atoms with Gasteiger partial charge in [-0.05, 0) is 12.8 Å². The monoisotopic (exact) mass is 296 g/mol. The van der Waals surface area contributed by atoms with Crippen LogP contribution in [0.3, 0.4) is 0 Å². The van der Waals surface area contributed by atoms with Crippen LogP contribution in [0.2, 0.25) is 0 Å². The summed E-state index contributed by atoms with van der Waals surface area (Å²) >= 11 is 0. The maximum absolute atomic E-state index is 11.0. The summed E-state index contributed by atoms with van der Waals surface area (Å²) in [4.78, 5) is 4.53. The van der Waals surface area contributed by atoms with Gasteiger partial charge in [0.15, 0.2) is 18.0 Å². The molecule has 0 saturated carbocycles. The number of rotatable bonds is 6. The lowest BCUT2D eigenvalue weighted by Crippen LogP contribution is -2.23. The highest BCUT2D eigenvalue weighted by Gasteiger charge is 2.08. The molecule has 0 spiro atoms. The van der Waals surface area contributed by atoms with Crippen molar-refractivity contribution in [2.24, 2.45) is 0 Å². The summed E-state index contributed by atoms with van der Waals surface area (Å²) in [5.74, 6) is 0.632. The molecule has 0 saturated heterocycles. The molecule has 0 radical (unpaired) electrons. The molecule has 3 aromatic rings. The number of pyridine rings is 1. The Morgan fingerprint density at radius 1 is 1.32 bits per heavy atom. The van der Waals surface area contributed by atoms with E-state index in [2.05, 4.69) is 16.7 Å². The van der Waals surface area contributed by atoms with Crippen LogP contribution in [0.5, 0.6) is 5.88 Å². The molecule has 3 heterocycles. The van der Waals surface area contributed by atoms with Gasteiger partial charge in [-0.3, -0.25) is 0 Å². The molecule has 0 aliphatic heterocycles. The molecule has 0 aliphatic carbocycles. The van der Waals surface area contributed by atoms with Crippen molar-refractivity contribution in [2.75, 3.05) is 0 Å². The Bertz CT molecular complexity index is 780. The summed E-state index contributed by atoms with van der Waals surface area (Å²) in [5.41, 5.74) is 2.60.